The van der Waals surface area contributed by atoms with Gasteiger partial charge in [0, 0.05) is 22.1 Å². The molecular formula is C16H15FO5S. The number of rotatable bonds is 4. The van der Waals surface area contributed by atoms with Crippen LogP contribution >= 0.6 is 11.3 Å². The van der Waals surface area contributed by atoms with E-state index in [-0.39, 0.29) is 28.6 Å². The quantitative estimate of drug-likeness (QED) is 0.685. The lowest BCUT2D eigenvalue weighted by atomic mass is 9.71. The van der Waals surface area contributed by atoms with Crippen LogP contribution in [-0.4, -0.2) is 31.1 Å². The number of phenols is 1. The van der Waals surface area contributed by atoms with E-state index in [0.717, 1.165) is 11.3 Å². The third kappa shape index (κ3) is 2.45. The van der Waals surface area contributed by atoms with E-state index in [1.165, 1.54) is 26.4 Å². The Bertz CT molecular complexity index is 797. The van der Waals surface area contributed by atoms with Crippen molar-refractivity contribution in [2.24, 2.45) is 11.8 Å². The summed E-state index contributed by atoms with van der Waals surface area (Å²) in [5, 5.41) is 9.97. The lowest BCUT2D eigenvalue weighted by Crippen LogP contribution is -2.38. The minimum atomic E-state index is -0.698. The van der Waals surface area contributed by atoms with Gasteiger partial charge in [-0.2, -0.15) is 0 Å². The third-order valence-corrected chi connectivity index (χ3v) is 5.36. The predicted octanol–water partition coefficient (Wildman–Crippen LogP) is 3.14. The zero-order valence-corrected chi connectivity index (χ0v) is 13.4. The molecule has 0 spiro atoms. The number of hydrogen-bond donors (Lipinski definition) is 1. The van der Waals surface area contributed by atoms with Gasteiger partial charge < -0.3 is 14.6 Å². The van der Waals surface area contributed by atoms with Crippen LogP contribution in [0.2, 0.25) is 0 Å². The van der Waals surface area contributed by atoms with Gasteiger partial charge in [0.2, 0.25) is 0 Å². The van der Waals surface area contributed by atoms with Crippen LogP contribution in [0.15, 0.2) is 12.1 Å². The van der Waals surface area contributed by atoms with Crippen LogP contribution in [0.4, 0.5) is 4.39 Å². The monoisotopic (exact) mass is 338 g/mol. The highest BCUT2D eigenvalue weighted by atomic mass is 32.1. The molecule has 2 atom stereocenters. The number of fused-ring (bicyclic) bond motifs is 1. The van der Waals surface area contributed by atoms with Crippen molar-refractivity contribution in [3.05, 3.63) is 22.8 Å². The number of aromatic hydroxyl groups is 1. The van der Waals surface area contributed by atoms with Gasteiger partial charge >= 0.3 is 5.97 Å². The summed E-state index contributed by atoms with van der Waals surface area (Å²) in [7, 11) is 2.56. The molecule has 0 bridgehead atoms. The maximum atomic E-state index is 14.3. The summed E-state index contributed by atoms with van der Waals surface area (Å²) in [6.45, 7) is 0. The van der Waals surface area contributed by atoms with Crippen LogP contribution in [-0.2, 0) is 9.53 Å². The molecule has 23 heavy (non-hydrogen) atoms. The van der Waals surface area contributed by atoms with Crippen molar-refractivity contribution >= 4 is 33.2 Å². The number of methoxy groups -OCH3 is 2. The van der Waals surface area contributed by atoms with Crippen molar-refractivity contribution in [2.75, 3.05) is 14.2 Å². The highest BCUT2D eigenvalue weighted by molar-refractivity contribution is 7.20. The van der Waals surface area contributed by atoms with Crippen molar-refractivity contribution in [3.63, 3.8) is 0 Å². The maximum absolute atomic E-state index is 14.3. The highest BCUT2D eigenvalue weighted by Gasteiger charge is 2.42. The van der Waals surface area contributed by atoms with E-state index in [0.29, 0.717) is 22.4 Å². The number of hydrogen-bond acceptors (Lipinski definition) is 6. The summed E-state index contributed by atoms with van der Waals surface area (Å²) in [6.07, 6.45) is 1.24. The van der Waals surface area contributed by atoms with Crippen molar-refractivity contribution in [1.29, 1.82) is 0 Å². The van der Waals surface area contributed by atoms with E-state index in [1.807, 2.05) is 0 Å². The van der Waals surface area contributed by atoms with Gasteiger partial charge in [-0.3, -0.25) is 9.59 Å². The number of halogens is 1. The van der Waals surface area contributed by atoms with Crippen LogP contribution in [0.3, 0.4) is 0 Å². The molecule has 1 saturated carbocycles. The van der Waals surface area contributed by atoms with Crippen molar-refractivity contribution < 1.29 is 28.6 Å². The van der Waals surface area contributed by atoms with Crippen LogP contribution in [0, 0.1) is 17.7 Å². The number of Topliss-reactive ketones (excluding diaryl/α,β-unsaturated/α-hetero) is 1. The van der Waals surface area contributed by atoms with Gasteiger partial charge in [0.1, 0.15) is 0 Å². The number of thiophene rings is 1. The van der Waals surface area contributed by atoms with Crippen LogP contribution in [0.1, 0.15) is 22.5 Å². The van der Waals surface area contributed by atoms with Gasteiger partial charge in [-0.05, 0) is 18.9 Å². The Morgan fingerprint density at radius 1 is 1.26 bits per heavy atom. The van der Waals surface area contributed by atoms with Crippen molar-refractivity contribution in [1.82, 2.24) is 0 Å². The Morgan fingerprint density at radius 2 is 1.96 bits per heavy atom. The number of carbonyl (C=O) groups is 2. The minimum Gasteiger partial charge on any atom is -0.504 e. The topological polar surface area (TPSA) is 72.8 Å². The lowest BCUT2D eigenvalue weighted by molar-refractivity contribution is -0.150. The molecule has 0 amide bonds. The molecule has 7 heteroatoms. The number of phenolic OH excluding ortho intramolecular Hbond substituents is 1. The predicted molar refractivity (Wildman–Crippen MR) is 82.6 cm³/mol. The molecule has 2 aromatic rings. The Hall–Kier alpha value is -2.15. The van der Waals surface area contributed by atoms with E-state index >= 15 is 0 Å². The normalized spacial score (nSPS) is 20.1. The van der Waals surface area contributed by atoms with E-state index in [1.54, 1.807) is 0 Å². The molecule has 1 heterocycles. The summed E-state index contributed by atoms with van der Waals surface area (Å²) < 4.78 is 24.3. The molecule has 1 aliphatic rings. The fourth-order valence-electron chi connectivity index (χ4n) is 2.85. The summed E-state index contributed by atoms with van der Waals surface area (Å²) in [5.41, 5.74) is 0. The van der Waals surface area contributed by atoms with Gasteiger partial charge in [0.15, 0.2) is 23.1 Å². The van der Waals surface area contributed by atoms with Gasteiger partial charge in [-0.15, -0.1) is 11.3 Å². The molecule has 1 aromatic carbocycles. The average molecular weight is 338 g/mol. The first-order valence-electron chi connectivity index (χ1n) is 7.09. The summed E-state index contributed by atoms with van der Waals surface area (Å²) >= 11 is 1.09. The molecule has 122 valence electrons. The first-order chi connectivity index (χ1) is 11.0. The van der Waals surface area contributed by atoms with Gasteiger partial charge in [0.05, 0.1) is 25.0 Å². The number of ether oxygens (including phenoxy) is 2. The number of benzene rings is 1. The smallest absolute Gasteiger partial charge is 0.309 e. The van der Waals surface area contributed by atoms with Crippen molar-refractivity contribution in [2.45, 2.75) is 12.8 Å². The minimum absolute atomic E-state index is 0.189. The fourth-order valence-corrected chi connectivity index (χ4v) is 3.95. The first-order valence-corrected chi connectivity index (χ1v) is 7.90. The van der Waals surface area contributed by atoms with E-state index in [9.17, 15) is 19.1 Å². The van der Waals surface area contributed by atoms with Gasteiger partial charge in [-0.1, -0.05) is 0 Å². The Labute approximate surface area is 135 Å². The van der Waals surface area contributed by atoms with Crippen LogP contribution in [0.5, 0.6) is 11.5 Å². The second-order valence-corrected chi connectivity index (χ2v) is 6.53. The lowest BCUT2D eigenvalue weighted by Gasteiger charge is -2.32. The zero-order chi connectivity index (χ0) is 16.7. The second kappa shape index (κ2) is 5.81. The van der Waals surface area contributed by atoms with Gasteiger partial charge in [0.25, 0.3) is 0 Å². The Morgan fingerprint density at radius 3 is 2.52 bits per heavy atom. The van der Waals surface area contributed by atoms with E-state index in [4.69, 9.17) is 9.47 Å². The SMILES string of the molecule is COC(=O)[C@@H]1CC[C@H]1C(=O)c1cc2c(F)c(OC)c(O)cc2s1. The number of esters is 1. The molecule has 0 saturated heterocycles. The molecule has 0 unspecified atom stereocenters. The Balaban J connectivity index is 1.96. The molecule has 1 fully saturated rings. The molecule has 3 rings (SSSR count). The average Bonchev–Trinajstić information content (AvgIpc) is 2.90. The molecule has 1 N–H and O–H groups in total. The fraction of sp³-hybridized carbons (Fsp3) is 0.375. The molecule has 0 radical (unpaired) electrons. The van der Waals surface area contributed by atoms with E-state index in [2.05, 4.69) is 0 Å². The highest BCUT2D eigenvalue weighted by Crippen LogP contribution is 2.42. The van der Waals surface area contributed by atoms with E-state index < -0.39 is 17.7 Å². The third-order valence-electron chi connectivity index (χ3n) is 4.26. The summed E-state index contributed by atoms with van der Waals surface area (Å²) in [6, 6.07) is 2.82. The standard InChI is InChI=1S/C16H15FO5S/c1-21-15-10(18)6-11-9(13(15)17)5-12(23-11)14(19)7-3-4-8(7)16(20)22-2/h5-8,18H,3-4H2,1-2H3/t7-,8-/m1/s1. The molecular weight excluding hydrogens is 323 g/mol. The zero-order valence-electron chi connectivity index (χ0n) is 12.6. The second-order valence-electron chi connectivity index (χ2n) is 5.44. The molecule has 1 aromatic heterocycles. The number of carbonyl (C=O) groups excluding carboxylic acids is 2. The largest absolute Gasteiger partial charge is 0.504 e. The molecule has 5 nitrogen and oxygen atoms in total. The number of ketones is 1. The maximum Gasteiger partial charge on any atom is 0.309 e. The van der Waals surface area contributed by atoms with Crippen LogP contribution < -0.4 is 4.74 Å². The summed E-state index contributed by atoms with van der Waals surface area (Å²) in [4.78, 5) is 24.5. The van der Waals surface area contributed by atoms with Crippen molar-refractivity contribution in [3.8, 4) is 11.5 Å². The molecule has 0 aliphatic heterocycles. The first kappa shape index (κ1) is 15.7. The Kier molecular flexibility index (Phi) is 3.97. The van der Waals surface area contributed by atoms with Crippen LogP contribution in [0.25, 0.3) is 10.1 Å². The summed E-state index contributed by atoms with van der Waals surface area (Å²) in [5.74, 6) is -2.68. The van der Waals surface area contributed by atoms with Gasteiger partial charge in [-0.25, -0.2) is 4.39 Å². The molecule has 1 aliphatic carbocycles.